The van der Waals surface area contributed by atoms with Crippen LogP contribution >= 0.6 is 0 Å². The highest BCUT2D eigenvalue weighted by Crippen LogP contribution is 2.06. The van der Waals surface area contributed by atoms with Crippen molar-refractivity contribution in [2.45, 2.75) is 54.0 Å². The normalized spacial score (nSPS) is 13.3. The highest BCUT2D eigenvalue weighted by atomic mass is 15.3. The van der Waals surface area contributed by atoms with Crippen LogP contribution in [0.2, 0.25) is 0 Å². The van der Waals surface area contributed by atoms with Gasteiger partial charge in [0.2, 0.25) is 0 Å². The molecule has 0 aromatic carbocycles. The van der Waals surface area contributed by atoms with Crippen LogP contribution < -0.4 is 10.6 Å². The van der Waals surface area contributed by atoms with Gasteiger partial charge in [-0.05, 0) is 39.2 Å². The SMILES string of the molecule is CCCCNC(=NCC(C)Cn1nc(C)cc1C)NCC. The highest BCUT2D eigenvalue weighted by molar-refractivity contribution is 5.79. The van der Waals surface area contributed by atoms with Crippen molar-refractivity contribution in [3.05, 3.63) is 17.5 Å². The first kappa shape index (κ1) is 17.5. The maximum Gasteiger partial charge on any atom is 0.191 e. The lowest BCUT2D eigenvalue weighted by Gasteiger charge is -2.14. The summed E-state index contributed by atoms with van der Waals surface area (Å²) in [6.45, 7) is 14.2. The smallest absolute Gasteiger partial charge is 0.191 e. The first-order chi connectivity index (χ1) is 10.1. The summed E-state index contributed by atoms with van der Waals surface area (Å²) in [6, 6.07) is 2.12. The van der Waals surface area contributed by atoms with Gasteiger partial charge in [-0.3, -0.25) is 9.67 Å². The molecule has 5 nitrogen and oxygen atoms in total. The van der Waals surface area contributed by atoms with E-state index in [-0.39, 0.29) is 0 Å². The van der Waals surface area contributed by atoms with Crippen molar-refractivity contribution in [1.82, 2.24) is 20.4 Å². The van der Waals surface area contributed by atoms with Gasteiger partial charge in [0.25, 0.3) is 0 Å². The first-order valence-corrected chi connectivity index (χ1v) is 8.10. The number of aryl methyl sites for hydroxylation is 2. The van der Waals surface area contributed by atoms with Crippen molar-refractivity contribution >= 4 is 5.96 Å². The van der Waals surface area contributed by atoms with Crippen LogP contribution in [-0.2, 0) is 6.54 Å². The fraction of sp³-hybridized carbons (Fsp3) is 0.750. The lowest BCUT2D eigenvalue weighted by molar-refractivity contribution is 0.449. The molecule has 5 heteroatoms. The molecule has 1 rings (SSSR count). The first-order valence-electron chi connectivity index (χ1n) is 8.10. The predicted octanol–water partition coefficient (Wildman–Crippen LogP) is 2.49. The summed E-state index contributed by atoms with van der Waals surface area (Å²) in [5.74, 6) is 1.38. The van der Waals surface area contributed by atoms with Gasteiger partial charge in [-0.15, -0.1) is 0 Å². The summed E-state index contributed by atoms with van der Waals surface area (Å²) in [4.78, 5) is 4.67. The Balaban J connectivity index is 2.48. The van der Waals surface area contributed by atoms with Gasteiger partial charge in [-0.1, -0.05) is 20.3 Å². The predicted molar refractivity (Wildman–Crippen MR) is 89.8 cm³/mol. The Kier molecular flexibility index (Phi) is 7.87. The number of hydrogen-bond donors (Lipinski definition) is 2. The van der Waals surface area contributed by atoms with E-state index in [0.717, 1.165) is 37.8 Å². The quantitative estimate of drug-likeness (QED) is 0.440. The molecule has 0 amide bonds. The Morgan fingerprint density at radius 2 is 2.10 bits per heavy atom. The Bertz CT molecular complexity index is 436. The molecule has 0 radical (unpaired) electrons. The number of hydrogen-bond acceptors (Lipinski definition) is 2. The zero-order valence-electron chi connectivity index (χ0n) is 14.2. The molecule has 1 heterocycles. The minimum Gasteiger partial charge on any atom is -0.357 e. The van der Waals surface area contributed by atoms with Gasteiger partial charge >= 0.3 is 0 Å². The fourth-order valence-corrected chi connectivity index (χ4v) is 2.19. The molecular weight excluding hydrogens is 262 g/mol. The van der Waals surface area contributed by atoms with E-state index >= 15 is 0 Å². The van der Waals surface area contributed by atoms with Gasteiger partial charge in [0.05, 0.1) is 5.69 Å². The van der Waals surface area contributed by atoms with Crippen LogP contribution in [0.1, 0.15) is 45.0 Å². The van der Waals surface area contributed by atoms with Crippen molar-refractivity contribution < 1.29 is 0 Å². The van der Waals surface area contributed by atoms with Crippen molar-refractivity contribution in [2.24, 2.45) is 10.9 Å². The third kappa shape index (κ3) is 6.65. The van der Waals surface area contributed by atoms with E-state index in [1.807, 2.05) is 6.92 Å². The zero-order chi connectivity index (χ0) is 15.7. The van der Waals surface area contributed by atoms with Crippen LogP contribution in [0.15, 0.2) is 11.1 Å². The molecule has 0 aliphatic heterocycles. The van der Waals surface area contributed by atoms with Gasteiger partial charge in [0.1, 0.15) is 0 Å². The van der Waals surface area contributed by atoms with E-state index in [0.29, 0.717) is 5.92 Å². The Morgan fingerprint density at radius 3 is 2.67 bits per heavy atom. The molecule has 120 valence electrons. The molecule has 0 aliphatic rings. The van der Waals surface area contributed by atoms with Gasteiger partial charge in [0.15, 0.2) is 5.96 Å². The second-order valence-corrected chi connectivity index (χ2v) is 5.71. The number of nitrogens with one attached hydrogen (secondary N) is 2. The Morgan fingerprint density at radius 1 is 1.33 bits per heavy atom. The van der Waals surface area contributed by atoms with E-state index in [1.54, 1.807) is 0 Å². The van der Waals surface area contributed by atoms with Crippen LogP contribution in [0, 0.1) is 19.8 Å². The average molecular weight is 293 g/mol. The molecule has 2 N–H and O–H groups in total. The summed E-state index contributed by atoms with van der Waals surface area (Å²) in [5.41, 5.74) is 2.30. The molecular formula is C16H31N5. The number of nitrogens with zero attached hydrogens (tertiary/aromatic N) is 3. The van der Waals surface area contributed by atoms with Crippen LogP contribution in [0.4, 0.5) is 0 Å². The Hall–Kier alpha value is -1.52. The molecule has 0 bridgehead atoms. The van der Waals surface area contributed by atoms with Crippen LogP contribution in [0.3, 0.4) is 0 Å². The monoisotopic (exact) mass is 293 g/mol. The molecule has 0 saturated heterocycles. The lowest BCUT2D eigenvalue weighted by atomic mass is 10.2. The summed E-state index contributed by atoms with van der Waals surface area (Å²) in [5, 5.41) is 11.2. The minimum absolute atomic E-state index is 0.463. The zero-order valence-corrected chi connectivity index (χ0v) is 14.2. The minimum atomic E-state index is 0.463. The van der Waals surface area contributed by atoms with Crippen LogP contribution in [0.5, 0.6) is 0 Å². The summed E-state index contributed by atoms with van der Waals surface area (Å²) < 4.78 is 2.08. The topological polar surface area (TPSA) is 54.2 Å². The summed E-state index contributed by atoms with van der Waals surface area (Å²) >= 11 is 0. The molecule has 1 aromatic rings. The molecule has 0 fully saturated rings. The standard InChI is InChI=1S/C16H31N5/c1-6-8-9-18-16(17-7-2)19-11-13(3)12-21-15(5)10-14(4)20-21/h10,13H,6-9,11-12H2,1-5H3,(H2,17,18,19). The number of aliphatic imine (C=N–C) groups is 1. The van der Waals surface area contributed by atoms with Crippen molar-refractivity contribution in [2.75, 3.05) is 19.6 Å². The van der Waals surface area contributed by atoms with E-state index in [4.69, 9.17) is 0 Å². The van der Waals surface area contributed by atoms with Gasteiger partial charge in [0, 0.05) is 31.9 Å². The van der Waals surface area contributed by atoms with Crippen LogP contribution in [-0.4, -0.2) is 35.4 Å². The lowest BCUT2D eigenvalue weighted by Crippen LogP contribution is -2.38. The second kappa shape index (κ2) is 9.42. The van der Waals surface area contributed by atoms with Crippen molar-refractivity contribution in [3.8, 4) is 0 Å². The number of unbranched alkanes of at least 4 members (excludes halogenated alkanes) is 1. The molecule has 21 heavy (non-hydrogen) atoms. The largest absolute Gasteiger partial charge is 0.357 e. The number of rotatable bonds is 8. The third-order valence-electron chi connectivity index (χ3n) is 3.32. The van der Waals surface area contributed by atoms with E-state index < -0.39 is 0 Å². The molecule has 0 aliphatic carbocycles. The van der Waals surface area contributed by atoms with E-state index in [9.17, 15) is 0 Å². The number of guanidine groups is 1. The average Bonchev–Trinajstić information content (AvgIpc) is 2.74. The fourth-order valence-electron chi connectivity index (χ4n) is 2.19. The number of aromatic nitrogens is 2. The van der Waals surface area contributed by atoms with Gasteiger partial charge in [-0.25, -0.2) is 0 Å². The summed E-state index contributed by atoms with van der Waals surface area (Å²) in [7, 11) is 0. The van der Waals surface area contributed by atoms with Crippen LogP contribution in [0.25, 0.3) is 0 Å². The van der Waals surface area contributed by atoms with Crippen molar-refractivity contribution in [3.63, 3.8) is 0 Å². The molecule has 1 unspecified atom stereocenters. The molecule has 1 aromatic heterocycles. The second-order valence-electron chi connectivity index (χ2n) is 5.71. The molecule has 0 saturated carbocycles. The van der Waals surface area contributed by atoms with E-state index in [2.05, 4.69) is 59.2 Å². The van der Waals surface area contributed by atoms with Gasteiger partial charge < -0.3 is 10.6 Å². The highest BCUT2D eigenvalue weighted by Gasteiger charge is 2.07. The van der Waals surface area contributed by atoms with Crippen molar-refractivity contribution in [1.29, 1.82) is 0 Å². The van der Waals surface area contributed by atoms with E-state index in [1.165, 1.54) is 18.5 Å². The maximum absolute atomic E-state index is 4.67. The maximum atomic E-state index is 4.67. The third-order valence-corrected chi connectivity index (χ3v) is 3.32. The molecule has 1 atom stereocenters. The summed E-state index contributed by atoms with van der Waals surface area (Å²) in [6.07, 6.45) is 2.37. The Labute approximate surface area is 129 Å². The molecule has 0 spiro atoms. The van der Waals surface area contributed by atoms with Gasteiger partial charge in [-0.2, -0.15) is 5.10 Å².